The van der Waals surface area contributed by atoms with Gasteiger partial charge < -0.3 is 10.4 Å². The van der Waals surface area contributed by atoms with Crippen LogP contribution in [0.15, 0.2) is 56.5 Å². The molecule has 0 aliphatic carbocycles. The van der Waals surface area contributed by atoms with Crippen molar-refractivity contribution in [3.63, 3.8) is 0 Å². The first-order chi connectivity index (χ1) is 15.8. The fourth-order valence-corrected chi connectivity index (χ4v) is 4.21. The molecule has 3 N–H and O–H groups in total. The van der Waals surface area contributed by atoms with Crippen LogP contribution in [0.25, 0.3) is 5.95 Å². The number of aromatic nitrogens is 5. The van der Waals surface area contributed by atoms with Gasteiger partial charge in [-0.15, -0.1) is 0 Å². The number of hydrogen-bond donors (Lipinski definition) is 3. The Labute approximate surface area is 207 Å². The van der Waals surface area contributed by atoms with Gasteiger partial charge in [-0.25, -0.2) is 10.1 Å². The van der Waals surface area contributed by atoms with Crippen molar-refractivity contribution in [1.29, 1.82) is 0 Å². The van der Waals surface area contributed by atoms with Crippen molar-refractivity contribution in [2.45, 2.75) is 20.8 Å². The van der Waals surface area contributed by atoms with Crippen molar-refractivity contribution >= 4 is 55.7 Å². The Morgan fingerprint density at radius 2 is 1.61 bits per heavy atom. The lowest BCUT2D eigenvalue weighted by atomic mass is 10.2. The highest BCUT2D eigenvalue weighted by atomic mass is 79.9. The third kappa shape index (κ3) is 5.55. The number of phenolic OH excluding ortho intramolecular Hbond substituents is 1. The van der Waals surface area contributed by atoms with E-state index in [1.165, 1.54) is 0 Å². The van der Waals surface area contributed by atoms with Crippen LogP contribution in [0.2, 0.25) is 0 Å². The molecule has 0 fully saturated rings. The maximum absolute atomic E-state index is 9.87. The first-order valence-corrected chi connectivity index (χ1v) is 11.5. The SMILES string of the molecule is Cc1ccc(Nc2nc(N/N=C/c3cc(Br)c(O)c(Br)c3)nc(-n3nc(C)cc3C)n2)cc1. The maximum atomic E-state index is 9.87. The molecule has 0 amide bonds. The molecule has 0 unspecified atom stereocenters. The first-order valence-electron chi connectivity index (χ1n) is 9.89. The lowest BCUT2D eigenvalue weighted by Crippen LogP contribution is -2.11. The molecule has 2 aromatic heterocycles. The van der Waals surface area contributed by atoms with Gasteiger partial charge in [0.25, 0.3) is 5.95 Å². The summed E-state index contributed by atoms with van der Waals surface area (Å²) in [6.07, 6.45) is 1.59. The smallest absolute Gasteiger partial charge is 0.257 e. The molecule has 0 atom stereocenters. The Hall–Kier alpha value is -3.31. The van der Waals surface area contributed by atoms with E-state index >= 15 is 0 Å². The number of aromatic hydroxyl groups is 1. The summed E-state index contributed by atoms with van der Waals surface area (Å²) in [5.74, 6) is 1.08. The van der Waals surface area contributed by atoms with E-state index in [4.69, 9.17) is 0 Å². The van der Waals surface area contributed by atoms with Crippen molar-refractivity contribution in [1.82, 2.24) is 24.7 Å². The zero-order chi connectivity index (χ0) is 23.5. The molecule has 0 spiro atoms. The average molecular weight is 572 g/mol. The summed E-state index contributed by atoms with van der Waals surface area (Å²) in [6, 6.07) is 13.3. The summed E-state index contributed by atoms with van der Waals surface area (Å²) in [7, 11) is 0. The summed E-state index contributed by atoms with van der Waals surface area (Å²) in [4.78, 5) is 13.4. The third-order valence-electron chi connectivity index (χ3n) is 4.55. The van der Waals surface area contributed by atoms with E-state index in [-0.39, 0.29) is 11.7 Å². The van der Waals surface area contributed by atoms with Gasteiger partial charge in [0, 0.05) is 11.4 Å². The van der Waals surface area contributed by atoms with Crippen molar-refractivity contribution in [3.8, 4) is 11.7 Å². The quantitative estimate of drug-likeness (QED) is 0.210. The predicted octanol–water partition coefficient (Wildman–Crippen LogP) is 5.40. The molecule has 168 valence electrons. The predicted molar refractivity (Wildman–Crippen MR) is 136 cm³/mol. The standard InChI is InChI=1S/C22H20Br2N8O/c1-12-4-6-16(7-5-12)26-20-27-21(29-22(28-20)32-14(3)8-13(2)31-32)30-25-11-15-9-17(23)19(33)18(24)10-15/h4-11,33H,1-3H3,(H2,26,27,28,29,30)/b25-11+. The van der Waals surface area contributed by atoms with Gasteiger partial charge in [0.2, 0.25) is 11.9 Å². The lowest BCUT2D eigenvalue weighted by Gasteiger charge is -2.10. The van der Waals surface area contributed by atoms with Gasteiger partial charge in [0.05, 0.1) is 20.9 Å². The van der Waals surface area contributed by atoms with Gasteiger partial charge in [-0.2, -0.15) is 25.2 Å². The Bertz CT molecular complexity index is 1310. The number of nitrogens with zero attached hydrogens (tertiary/aromatic N) is 6. The van der Waals surface area contributed by atoms with E-state index in [0.717, 1.165) is 28.2 Å². The van der Waals surface area contributed by atoms with Crippen LogP contribution in [0.5, 0.6) is 5.75 Å². The number of anilines is 3. The maximum Gasteiger partial charge on any atom is 0.257 e. The molecule has 0 aliphatic rings. The topological polar surface area (TPSA) is 113 Å². The number of nitrogens with one attached hydrogen (secondary N) is 2. The van der Waals surface area contributed by atoms with Crippen molar-refractivity contribution in [2.24, 2.45) is 5.10 Å². The van der Waals surface area contributed by atoms with Crippen LogP contribution < -0.4 is 10.7 Å². The number of hydrogen-bond acceptors (Lipinski definition) is 8. The van der Waals surface area contributed by atoms with Crippen LogP contribution in [0.4, 0.5) is 17.6 Å². The molecule has 0 saturated carbocycles. The molecule has 2 aromatic carbocycles. The van der Waals surface area contributed by atoms with Crippen LogP contribution >= 0.6 is 31.9 Å². The normalized spacial score (nSPS) is 11.2. The van der Waals surface area contributed by atoms with Gasteiger partial charge in [-0.1, -0.05) is 17.7 Å². The number of halogens is 2. The first kappa shape index (κ1) is 22.9. The molecule has 0 aliphatic heterocycles. The van der Waals surface area contributed by atoms with Gasteiger partial charge in [0.1, 0.15) is 5.75 Å². The minimum Gasteiger partial charge on any atom is -0.506 e. The molecule has 9 nitrogen and oxygen atoms in total. The van der Waals surface area contributed by atoms with E-state index in [0.29, 0.717) is 20.8 Å². The Kier molecular flexibility index (Phi) is 6.70. The van der Waals surface area contributed by atoms with E-state index in [9.17, 15) is 5.11 Å². The van der Waals surface area contributed by atoms with E-state index in [1.54, 1.807) is 23.0 Å². The summed E-state index contributed by atoms with van der Waals surface area (Å²) in [5, 5.41) is 21.8. The van der Waals surface area contributed by atoms with Crippen LogP contribution in [-0.4, -0.2) is 36.1 Å². The highest BCUT2D eigenvalue weighted by Crippen LogP contribution is 2.32. The number of rotatable bonds is 6. The number of hydrazone groups is 1. The second-order valence-electron chi connectivity index (χ2n) is 7.32. The summed E-state index contributed by atoms with van der Waals surface area (Å²) in [6.45, 7) is 5.87. The number of aryl methyl sites for hydroxylation is 3. The fraction of sp³-hybridized carbons (Fsp3) is 0.136. The second-order valence-corrected chi connectivity index (χ2v) is 9.02. The van der Waals surface area contributed by atoms with E-state index < -0.39 is 0 Å². The largest absolute Gasteiger partial charge is 0.506 e. The van der Waals surface area contributed by atoms with E-state index in [1.807, 2.05) is 51.1 Å². The monoisotopic (exact) mass is 570 g/mol. The Balaban J connectivity index is 1.65. The van der Waals surface area contributed by atoms with Gasteiger partial charge >= 0.3 is 0 Å². The highest BCUT2D eigenvalue weighted by molar-refractivity contribution is 9.11. The highest BCUT2D eigenvalue weighted by Gasteiger charge is 2.12. The zero-order valence-electron chi connectivity index (χ0n) is 18.0. The molecule has 4 aromatic rings. The molecule has 4 rings (SSSR count). The third-order valence-corrected chi connectivity index (χ3v) is 5.76. The molecule has 11 heteroatoms. The molecular formula is C22H20Br2N8O. The van der Waals surface area contributed by atoms with E-state index in [2.05, 4.69) is 67.8 Å². The fourth-order valence-electron chi connectivity index (χ4n) is 2.99. The molecule has 0 bridgehead atoms. The Morgan fingerprint density at radius 1 is 0.939 bits per heavy atom. The van der Waals surface area contributed by atoms with Crippen molar-refractivity contribution in [2.75, 3.05) is 10.7 Å². The molecule has 0 radical (unpaired) electrons. The number of benzene rings is 2. The van der Waals surface area contributed by atoms with Gasteiger partial charge in [-0.05, 0) is 88.5 Å². The summed E-state index contributed by atoms with van der Waals surface area (Å²) in [5.41, 5.74) is 7.36. The average Bonchev–Trinajstić information content (AvgIpc) is 3.11. The molecule has 2 heterocycles. The van der Waals surface area contributed by atoms with Gasteiger partial charge in [-0.3, -0.25) is 0 Å². The van der Waals surface area contributed by atoms with Gasteiger partial charge in [0.15, 0.2) is 0 Å². The summed E-state index contributed by atoms with van der Waals surface area (Å²) < 4.78 is 2.75. The molecule has 0 saturated heterocycles. The van der Waals surface area contributed by atoms with Crippen molar-refractivity contribution < 1.29 is 5.11 Å². The van der Waals surface area contributed by atoms with Crippen molar-refractivity contribution in [3.05, 3.63) is 73.9 Å². The number of phenols is 1. The molecular weight excluding hydrogens is 552 g/mol. The lowest BCUT2D eigenvalue weighted by molar-refractivity contribution is 0.468. The second kappa shape index (κ2) is 9.67. The van der Waals surface area contributed by atoms with Crippen LogP contribution in [-0.2, 0) is 0 Å². The van der Waals surface area contributed by atoms with Crippen LogP contribution in [0.1, 0.15) is 22.5 Å². The zero-order valence-corrected chi connectivity index (χ0v) is 21.2. The Morgan fingerprint density at radius 3 is 2.24 bits per heavy atom. The minimum atomic E-state index is 0.124. The molecule has 33 heavy (non-hydrogen) atoms. The summed E-state index contributed by atoms with van der Waals surface area (Å²) >= 11 is 6.62. The minimum absolute atomic E-state index is 0.124. The van der Waals surface area contributed by atoms with Crippen LogP contribution in [0, 0.1) is 20.8 Å². The van der Waals surface area contributed by atoms with Crippen LogP contribution in [0.3, 0.4) is 0 Å².